The fraction of sp³-hybridized carbons (Fsp3) is 0.850. The zero-order valence-corrected chi connectivity index (χ0v) is 30.4. The van der Waals surface area contributed by atoms with Gasteiger partial charge in [-0.25, -0.2) is 0 Å². The molecule has 0 saturated heterocycles. The summed E-state index contributed by atoms with van der Waals surface area (Å²) in [5, 5.41) is 0. The average molecular weight is 631 g/mol. The lowest BCUT2D eigenvalue weighted by atomic mass is 10.1. The number of fused-ring (bicyclic) bond motifs is 1. The molecule has 0 amide bonds. The van der Waals surface area contributed by atoms with Gasteiger partial charge in [0.1, 0.15) is 0 Å². The standard InChI is InChI=1S/C40H74N2O3/c1-5-7-9-11-13-15-17-19-21-23-27-33-41(3)39-31-35-43-36-32-40(45-38-30-26-25-29-37(38)44-39)42(4)34-28-24-22-20-18-16-14-12-10-8-6-2/h25-26,29-30,39-40H,5-24,27-28,31-36H2,1-4H3. The van der Waals surface area contributed by atoms with Gasteiger partial charge < -0.3 is 14.2 Å². The molecule has 0 saturated carbocycles. The van der Waals surface area contributed by atoms with E-state index in [1.807, 2.05) is 0 Å². The lowest BCUT2D eigenvalue weighted by Gasteiger charge is -2.30. The molecule has 5 nitrogen and oxygen atoms in total. The molecule has 1 aliphatic heterocycles. The highest BCUT2D eigenvalue weighted by Gasteiger charge is 2.23. The van der Waals surface area contributed by atoms with Gasteiger partial charge in [-0.15, -0.1) is 0 Å². The minimum absolute atomic E-state index is 0.0107. The summed E-state index contributed by atoms with van der Waals surface area (Å²) in [5.41, 5.74) is 0. The van der Waals surface area contributed by atoms with Crippen LogP contribution in [-0.4, -0.2) is 62.7 Å². The molecule has 2 rings (SSSR count). The molecular weight excluding hydrogens is 556 g/mol. The Morgan fingerprint density at radius 1 is 0.489 bits per heavy atom. The van der Waals surface area contributed by atoms with Crippen molar-refractivity contribution in [3.8, 4) is 11.5 Å². The number of nitrogens with zero attached hydrogens (tertiary/aromatic N) is 2. The van der Waals surface area contributed by atoms with E-state index in [1.54, 1.807) is 0 Å². The maximum atomic E-state index is 6.64. The first-order valence-electron chi connectivity index (χ1n) is 19.6. The lowest BCUT2D eigenvalue weighted by Crippen LogP contribution is -2.38. The topological polar surface area (TPSA) is 34.2 Å². The normalized spacial score (nSPS) is 17.6. The van der Waals surface area contributed by atoms with Gasteiger partial charge in [0.2, 0.25) is 0 Å². The van der Waals surface area contributed by atoms with E-state index in [2.05, 4.69) is 62.0 Å². The van der Waals surface area contributed by atoms with Crippen LogP contribution in [0.1, 0.15) is 168 Å². The Morgan fingerprint density at radius 3 is 1.13 bits per heavy atom. The maximum absolute atomic E-state index is 6.64. The largest absolute Gasteiger partial charge is 0.471 e. The highest BCUT2D eigenvalue weighted by molar-refractivity contribution is 5.39. The molecule has 5 heteroatoms. The van der Waals surface area contributed by atoms with Gasteiger partial charge in [-0.05, 0) is 39.1 Å². The van der Waals surface area contributed by atoms with E-state index in [4.69, 9.17) is 14.2 Å². The number of hydrogen-bond acceptors (Lipinski definition) is 5. The molecule has 2 unspecified atom stereocenters. The van der Waals surface area contributed by atoms with Gasteiger partial charge >= 0.3 is 0 Å². The molecule has 0 bridgehead atoms. The van der Waals surface area contributed by atoms with Crippen molar-refractivity contribution in [1.29, 1.82) is 0 Å². The molecule has 45 heavy (non-hydrogen) atoms. The van der Waals surface area contributed by atoms with Crippen molar-refractivity contribution in [2.24, 2.45) is 0 Å². The van der Waals surface area contributed by atoms with E-state index in [9.17, 15) is 0 Å². The fourth-order valence-electron chi connectivity index (χ4n) is 6.49. The van der Waals surface area contributed by atoms with E-state index in [0.29, 0.717) is 13.2 Å². The summed E-state index contributed by atoms with van der Waals surface area (Å²) in [6.07, 6.45) is 31.9. The molecule has 2 atom stereocenters. The SMILES string of the molecule is CCCCCCCCCCCCCN(C)C1CCOCCC(N(C)CCCCCCCCCCCCC)Oc2ccccc2O1. The van der Waals surface area contributed by atoms with Crippen LogP contribution in [-0.2, 0) is 4.74 Å². The Hall–Kier alpha value is -1.30. The number of benzene rings is 1. The van der Waals surface area contributed by atoms with Gasteiger partial charge in [0.25, 0.3) is 0 Å². The molecule has 0 N–H and O–H groups in total. The predicted molar refractivity (Wildman–Crippen MR) is 194 cm³/mol. The van der Waals surface area contributed by atoms with Crippen LogP contribution >= 0.6 is 0 Å². The average Bonchev–Trinajstić information content (AvgIpc) is 3.09. The molecule has 1 aromatic carbocycles. The number of unbranched alkanes of at least 4 members (excludes halogenated alkanes) is 20. The van der Waals surface area contributed by atoms with Gasteiger partial charge in [0.15, 0.2) is 24.0 Å². The molecule has 0 fully saturated rings. The molecule has 0 aliphatic carbocycles. The van der Waals surface area contributed by atoms with Gasteiger partial charge in [0, 0.05) is 25.9 Å². The lowest BCUT2D eigenvalue weighted by molar-refractivity contribution is 0.00222. The van der Waals surface area contributed by atoms with Crippen molar-refractivity contribution in [3.05, 3.63) is 24.3 Å². The molecule has 262 valence electrons. The summed E-state index contributed by atoms with van der Waals surface area (Å²) < 4.78 is 19.4. The van der Waals surface area contributed by atoms with Crippen molar-refractivity contribution in [1.82, 2.24) is 9.80 Å². The number of para-hydroxylation sites is 2. The van der Waals surface area contributed by atoms with Crippen molar-refractivity contribution >= 4 is 0 Å². The molecular formula is C40H74N2O3. The molecule has 1 heterocycles. The fourth-order valence-corrected chi connectivity index (χ4v) is 6.49. The van der Waals surface area contributed by atoms with E-state index in [-0.39, 0.29) is 12.5 Å². The minimum atomic E-state index is -0.0107. The van der Waals surface area contributed by atoms with E-state index >= 15 is 0 Å². The molecule has 0 radical (unpaired) electrons. The minimum Gasteiger partial charge on any atom is -0.471 e. The predicted octanol–water partition coefficient (Wildman–Crippen LogP) is 11.4. The Kier molecular flexibility index (Phi) is 24.6. The zero-order chi connectivity index (χ0) is 32.2. The second-order valence-corrected chi connectivity index (χ2v) is 13.8. The van der Waals surface area contributed by atoms with Crippen molar-refractivity contribution in [2.75, 3.05) is 40.4 Å². The van der Waals surface area contributed by atoms with Crippen LogP contribution in [0.15, 0.2) is 24.3 Å². The Balaban J connectivity index is 1.71. The Labute approximate surface area is 280 Å². The second kappa shape index (κ2) is 27.8. The molecule has 1 aromatic rings. The first-order valence-corrected chi connectivity index (χ1v) is 19.6. The van der Waals surface area contributed by atoms with Crippen LogP contribution in [0.2, 0.25) is 0 Å². The van der Waals surface area contributed by atoms with E-state index in [0.717, 1.165) is 37.4 Å². The summed E-state index contributed by atoms with van der Waals surface area (Å²) in [4.78, 5) is 4.75. The van der Waals surface area contributed by atoms with Crippen molar-refractivity contribution < 1.29 is 14.2 Å². The first kappa shape index (κ1) is 39.9. The third-order valence-electron chi connectivity index (χ3n) is 9.61. The molecule has 1 aliphatic rings. The Bertz CT molecular complexity index is 728. The van der Waals surface area contributed by atoms with Crippen molar-refractivity contribution in [2.45, 2.75) is 180 Å². The van der Waals surface area contributed by atoms with Gasteiger partial charge in [0.05, 0.1) is 13.2 Å². The molecule has 0 spiro atoms. The smallest absolute Gasteiger partial charge is 0.163 e. The summed E-state index contributed by atoms with van der Waals surface area (Å²) in [7, 11) is 4.41. The number of hydrogen-bond donors (Lipinski definition) is 0. The van der Waals surface area contributed by atoms with Crippen molar-refractivity contribution in [3.63, 3.8) is 0 Å². The summed E-state index contributed by atoms with van der Waals surface area (Å²) in [6.45, 7) is 8.11. The van der Waals surface area contributed by atoms with Crippen LogP contribution in [0.25, 0.3) is 0 Å². The van der Waals surface area contributed by atoms with Gasteiger partial charge in [-0.2, -0.15) is 0 Å². The number of rotatable bonds is 26. The van der Waals surface area contributed by atoms with Gasteiger partial charge in [-0.3, -0.25) is 9.80 Å². The van der Waals surface area contributed by atoms with Crippen LogP contribution < -0.4 is 9.47 Å². The van der Waals surface area contributed by atoms with Crippen LogP contribution in [0.5, 0.6) is 11.5 Å². The monoisotopic (exact) mass is 631 g/mol. The zero-order valence-electron chi connectivity index (χ0n) is 30.4. The second-order valence-electron chi connectivity index (χ2n) is 13.8. The third-order valence-corrected chi connectivity index (χ3v) is 9.61. The highest BCUT2D eigenvalue weighted by atomic mass is 16.6. The first-order chi connectivity index (χ1) is 22.2. The quantitative estimate of drug-likeness (QED) is 0.0951. The van der Waals surface area contributed by atoms with E-state index in [1.165, 1.54) is 141 Å². The highest BCUT2D eigenvalue weighted by Crippen LogP contribution is 2.31. The summed E-state index contributed by atoms with van der Waals surface area (Å²) in [5.74, 6) is 1.70. The Morgan fingerprint density at radius 2 is 0.800 bits per heavy atom. The van der Waals surface area contributed by atoms with Crippen LogP contribution in [0.3, 0.4) is 0 Å². The van der Waals surface area contributed by atoms with Crippen LogP contribution in [0, 0.1) is 0 Å². The maximum Gasteiger partial charge on any atom is 0.163 e. The number of ether oxygens (including phenoxy) is 3. The summed E-state index contributed by atoms with van der Waals surface area (Å²) in [6, 6.07) is 8.25. The van der Waals surface area contributed by atoms with Gasteiger partial charge in [-0.1, -0.05) is 154 Å². The molecule has 0 aromatic heterocycles. The van der Waals surface area contributed by atoms with E-state index < -0.39 is 0 Å². The summed E-state index contributed by atoms with van der Waals surface area (Å²) >= 11 is 0. The van der Waals surface area contributed by atoms with Crippen LogP contribution in [0.4, 0.5) is 0 Å². The third kappa shape index (κ3) is 19.8.